The molecule has 0 aliphatic carbocycles. The third-order valence-electron chi connectivity index (χ3n) is 3.25. The number of hydrogen-bond acceptors (Lipinski definition) is 1. The van der Waals surface area contributed by atoms with Crippen molar-refractivity contribution in [1.29, 1.82) is 0 Å². The van der Waals surface area contributed by atoms with Crippen molar-refractivity contribution in [2.24, 2.45) is 0 Å². The summed E-state index contributed by atoms with van der Waals surface area (Å²) in [6.45, 7) is 3.18. The van der Waals surface area contributed by atoms with Crippen molar-refractivity contribution in [3.8, 4) is 0 Å². The van der Waals surface area contributed by atoms with Gasteiger partial charge in [0.15, 0.2) is 0 Å². The van der Waals surface area contributed by atoms with Gasteiger partial charge in [0.05, 0.1) is 0 Å². The molecule has 1 nitrogen and oxygen atoms in total. The fourth-order valence-electron chi connectivity index (χ4n) is 2.07. The van der Waals surface area contributed by atoms with Gasteiger partial charge >= 0.3 is 0 Å². The summed E-state index contributed by atoms with van der Waals surface area (Å²) in [5.74, 6) is 0. The third-order valence-corrected chi connectivity index (χ3v) is 3.75. The second kappa shape index (κ2) is 9.17. The maximum Gasteiger partial charge on any atom is 0.0208 e. The van der Waals surface area contributed by atoms with Gasteiger partial charge < -0.3 is 5.32 Å². The zero-order valence-electron chi connectivity index (χ0n) is 11.7. The van der Waals surface area contributed by atoms with Crippen LogP contribution in [0.5, 0.6) is 0 Å². The van der Waals surface area contributed by atoms with Gasteiger partial charge in [0.25, 0.3) is 0 Å². The first kappa shape index (κ1) is 17.2. The first-order valence-corrected chi connectivity index (χ1v) is 7.55. The molecule has 0 amide bonds. The van der Waals surface area contributed by atoms with Crippen molar-refractivity contribution in [1.82, 2.24) is 5.32 Å². The molecule has 0 saturated heterocycles. The van der Waals surface area contributed by atoms with Crippen LogP contribution < -0.4 is 5.32 Å². The lowest BCUT2D eigenvalue weighted by Gasteiger charge is -2.14. The Bertz CT molecular complexity index is 501. The van der Waals surface area contributed by atoms with Gasteiger partial charge in [-0.3, -0.25) is 0 Å². The summed E-state index contributed by atoms with van der Waals surface area (Å²) in [5, 5.41) is 3.58. The molecule has 3 heteroatoms. The van der Waals surface area contributed by atoms with E-state index in [1.165, 1.54) is 11.1 Å². The molecule has 0 aliphatic rings. The van der Waals surface area contributed by atoms with Crippen molar-refractivity contribution in [3.63, 3.8) is 0 Å². The number of halogens is 2. The molecule has 2 rings (SSSR count). The molecular weight excluding hydrogens is 334 g/mol. The average molecular weight is 355 g/mol. The normalized spacial score (nSPS) is 11.7. The summed E-state index contributed by atoms with van der Waals surface area (Å²) in [6, 6.07) is 19.7. The minimum Gasteiger partial charge on any atom is -0.310 e. The molecule has 0 spiro atoms. The molecule has 1 unspecified atom stereocenters. The molecule has 108 valence electrons. The van der Waals surface area contributed by atoms with E-state index >= 15 is 0 Å². The number of nitrogens with one attached hydrogen (secondary N) is 1. The van der Waals surface area contributed by atoms with E-state index < -0.39 is 0 Å². The lowest BCUT2D eigenvalue weighted by atomic mass is 10.1. The highest BCUT2D eigenvalue weighted by molar-refractivity contribution is 9.10. The zero-order valence-corrected chi connectivity index (χ0v) is 14.1. The molecule has 2 aromatic carbocycles. The van der Waals surface area contributed by atoms with Crippen molar-refractivity contribution < 1.29 is 0 Å². The van der Waals surface area contributed by atoms with Crippen LogP contribution in [-0.2, 0) is 13.0 Å². The molecule has 0 aliphatic heterocycles. The third kappa shape index (κ3) is 6.08. The maximum atomic E-state index is 3.58. The molecule has 20 heavy (non-hydrogen) atoms. The molecular formula is C17H21BrClN. The molecule has 0 aromatic heterocycles. The largest absolute Gasteiger partial charge is 0.310 e. The molecule has 0 heterocycles. The molecule has 2 aromatic rings. The summed E-state index contributed by atoms with van der Waals surface area (Å²) in [4.78, 5) is 0. The smallest absolute Gasteiger partial charge is 0.0208 e. The van der Waals surface area contributed by atoms with Crippen LogP contribution in [0.25, 0.3) is 0 Å². The Morgan fingerprint density at radius 1 is 1.00 bits per heavy atom. The summed E-state index contributed by atoms with van der Waals surface area (Å²) in [5.41, 5.74) is 2.74. The van der Waals surface area contributed by atoms with Gasteiger partial charge in [-0.1, -0.05) is 58.4 Å². The number of aryl methyl sites for hydroxylation is 1. The van der Waals surface area contributed by atoms with Gasteiger partial charge in [-0.15, -0.1) is 12.4 Å². The van der Waals surface area contributed by atoms with Gasteiger partial charge in [0.2, 0.25) is 0 Å². The minimum absolute atomic E-state index is 0. The van der Waals surface area contributed by atoms with E-state index in [0.717, 1.165) is 23.9 Å². The molecule has 0 saturated carbocycles. The topological polar surface area (TPSA) is 12.0 Å². The highest BCUT2D eigenvalue weighted by Crippen LogP contribution is 2.12. The Labute approximate surface area is 136 Å². The van der Waals surface area contributed by atoms with Crippen LogP contribution in [0.4, 0.5) is 0 Å². The number of benzene rings is 2. The Morgan fingerprint density at radius 3 is 2.40 bits per heavy atom. The van der Waals surface area contributed by atoms with Crippen LogP contribution >= 0.6 is 28.3 Å². The van der Waals surface area contributed by atoms with Gasteiger partial charge in [0, 0.05) is 17.1 Å². The summed E-state index contributed by atoms with van der Waals surface area (Å²) < 4.78 is 1.14. The lowest BCUT2D eigenvalue weighted by molar-refractivity contribution is 0.514. The standard InChI is InChI=1S/C17H20BrN.ClH/c1-14(10-11-15-6-3-2-4-7-15)19-13-16-8-5-9-17(18)12-16;/h2-9,12,14,19H,10-11,13H2,1H3;1H. The van der Waals surface area contributed by atoms with Crippen LogP contribution in [0, 0.1) is 0 Å². The first-order chi connectivity index (χ1) is 9.24. The van der Waals surface area contributed by atoms with E-state index in [1.54, 1.807) is 0 Å². The predicted molar refractivity (Wildman–Crippen MR) is 92.5 cm³/mol. The van der Waals surface area contributed by atoms with E-state index in [0.29, 0.717) is 6.04 Å². The van der Waals surface area contributed by atoms with Crippen molar-refractivity contribution >= 4 is 28.3 Å². The van der Waals surface area contributed by atoms with Crippen LogP contribution in [-0.4, -0.2) is 6.04 Å². The van der Waals surface area contributed by atoms with Gasteiger partial charge in [-0.2, -0.15) is 0 Å². The molecule has 0 bridgehead atoms. The van der Waals surface area contributed by atoms with Gasteiger partial charge in [0.1, 0.15) is 0 Å². The Kier molecular flexibility index (Phi) is 7.90. The molecule has 1 atom stereocenters. The van der Waals surface area contributed by atoms with Crippen molar-refractivity contribution in [3.05, 3.63) is 70.2 Å². The second-order valence-electron chi connectivity index (χ2n) is 4.94. The lowest BCUT2D eigenvalue weighted by Crippen LogP contribution is -2.25. The van der Waals surface area contributed by atoms with E-state index in [4.69, 9.17) is 0 Å². The van der Waals surface area contributed by atoms with Crippen LogP contribution in [0.15, 0.2) is 59.1 Å². The second-order valence-corrected chi connectivity index (χ2v) is 5.85. The van der Waals surface area contributed by atoms with Gasteiger partial charge in [-0.25, -0.2) is 0 Å². The minimum atomic E-state index is 0. The summed E-state index contributed by atoms with van der Waals surface area (Å²) in [6.07, 6.45) is 2.30. The highest BCUT2D eigenvalue weighted by Gasteiger charge is 2.02. The van der Waals surface area contributed by atoms with E-state index in [9.17, 15) is 0 Å². The van der Waals surface area contributed by atoms with Crippen molar-refractivity contribution in [2.45, 2.75) is 32.4 Å². The first-order valence-electron chi connectivity index (χ1n) is 6.76. The monoisotopic (exact) mass is 353 g/mol. The van der Waals surface area contributed by atoms with Crippen LogP contribution in [0.2, 0.25) is 0 Å². The van der Waals surface area contributed by atoms with E-state index in [-0.39, 0.29) is 12.4 Å². The molecule has 0 radical (unpaired) electrons. The Balaban J connectivity index is 0.00000200. The van der Waals surface area contributed by atoms with Crippen molar-refractivity contribution in [2.75, 3.05) is 0 Å². The SMILES string of the molecule is CC(CCc1ccccc1)NCc1cccc(Br)c1.Cl. The van der Waals surface area contributed by atoms with Gasteiger partial charge in [-0.05, 0) is 43.0 Å². The fraction of sp³-hybridized carbons (Fsp3) is 0.294. The summed E-state index contributed by atoms with van der Waals surface area (Å²) >= 11 is 3.50. The number of hydrogen-bond donors (Lipinski definition) is 1. The molecule has 0 fully saturated rings. The Morgan fingerprint density at radius 2 is 1.70 bits per heavy atom. The zero-order chi connectivity index (χ0) is 13.5. The summed E-state index contributed by atoms with van der Waals surface area (Å²) in [7, 11) is 0. The van der Waals surface area contributed by atoms with Crippen LogP contribution in [0.3, 0.4) is 0 Å². The fourth-order valence-corrected chi connectivity index (χ4v) is 2.52. The van der Waals surface area contributed by atoms with E-state index in [1.807, 2.05) is 0 Å². The molecule has 1 N–H and O–H groups in total. The highest BCUT2D eigenvalue weighted by atomic mass is 79.9. The maximum absolute atomic E-state index is 3.58. The van der Waals surface area contributed by atoms with E-state index in [2.05, 4.69) is 82.8 Å². The quantitative estimate of drug-likeness (QED) is 0.771. The predicted octanol–water partition coefficient (Wildman–Crippen LogP) is 4.98. The van der Waals surface area contributed by atoms with Crippen LogP contribution in [0.1, 0.15) is 24.5 Å². The average Bonchev–Trinajstić information content (AvgIpc) is 2.44. The Hall–Kier alpha value is -0.830. The number of rotatable bonds is 6.